The number of hydrogen-bond donors (Lipinski definition) is 1. The molecule has 1 amide bonds. The number of benzene rings is 2. The summed E-state index contributed by atoms with van der Waals surface area (Å²) in [5.41, 5.74) is 1.46. The number of amides is 1. The Morgan fingerprint density at radius 2 is 2.00 bits per heavy atom. The third-order valence-corrected chi connectivity index (χ3v) is 3.91. The number of para-hydroxylation sites is 1. The summed E-state index contributed by atoms with van der Waals surface area (Å²) >= 11 is 5.93. The molecule has 0 saturated carbocycles. The molecule has 0 radical (unpaired) electrons. The fraction of sp³-hybridized carbons (Fsp3) is 0.167. The van der Waals surface area contributed by atoms with Crippen molar-refractivity contribution in [3.8, 4) is 0 Å². The van der Waals surface area contributed by atoms with E-state index >= 15 is 0 Å². The predicted molar refractivity (Wildman–Crippen MR) is 94.2 cm³/mol. The molecule has 0 unspecified atom stereocenters. The largest absolute Gasteiger partial charge is 0.354 e. The molecule has 0 aliphatic carbocycles. The Labute approximate surface area is 143 Å². The van der Waals surface area contributed by atoms with Gasteiger partial charge in [-0.1, -0.05) is 35.9 Å². The van der Waals surface area contributed by atoms with Gasteiger partial charge in [-0.25, -0.2) is 4.98 Å². The topological polar surface area (TPSA) is 64.0 Å². The monoisotopic (exact) mass is 341 g/mol. The maximum Gasteiger partial charge on any atom is 0.261 e. The van der Waals surface area contributed by atoms with Gasteiger partial charge in [0.05, 0.1) is 17.2 Å². The van der Waals surface area contributed by atoms with Gasteiger partial charge in [0, 0.05) is 11.6 Å². The van der Waals surface area contributed by atoms with E-state index in [1.807, 2.05) is 30.3 Å². The zero-order chi connectivity index (χ0) is 16.9. The van der Waals surface area contributed by atoms with E-state index in [-0.39, 0.29) is 18.0 Å². The van der Waals surface area contributed by atoms with E-state index in [1.165, 1.54) is 10.9 Å². The fourth-order valence-corrected chi connectivity index (χ4v) is 2.68. The van der Waals surface area contributed by atoms with Crippen molar-refractivity contribution >= 4 is 28.4 Å². The second-order valence-corrected chi connectivity index (χ2v) is 5.86. The number of halogens is 1. The molecule has 6 heteroatoms. The number of nitrogens with zero attached hydrogens (tertiary/aromatic N) is 2. The van der Waals surface area contributed by atoms with E-state index in [2.05, 4.69) is 10.3 Å². The second-order valence-electron chi connectivity index (χ2n) is 5.42. The Morgan fingerprint density at radius 1 is 1.17 bits per heavy atom. The first-order valence-corrected chi connectivity index (χ1v) is 7.96. The summed E-state index contributed by atoms with van der Waals surface area (Å²) in [6.07, 6.45) is 2.08. The maximum absolute atomic E-state index is 12.3. The van der Waals surface area contributed by atoms with Crippen LogP contribution in [0, 0.1) is 0 Å². The second kappa shape index (κ2) is 7.27. The highest BCUT2D eigenvalue weighted by atomic mass is 35.5. The smallest absolute Gasteiger partial charge is 0.261 e. The Kier molecular flexibility index (Phi) is 4.91. The Bertz CT molecular complexity index is 937. The van der Waals surface area contributed by atoms with E-state index < -0.39 is 0 Å². The first kappa shape index (κ1) is 16.2. The molecule has 3 aromatic rings. The molecular weight excluding hydrogens is 326 g/mol. The molecule has 0 fully saturated rings. The van der Waals surface area contributed by atoms with Crippen molar-refractivity contribution in [1.29, 1.82) is 0 Å². The molecule has 0 atom stereocenters. The van der Waals surface area contributed by atoms with E-state index in [0.717, 1.165) is 5.56 Å². The molecule has 0 spiro atoms. The SMILES string of the molecule is O=C(Cn1cnc2ccccc2c1=O)NCCc1cccc(Cl)c1. The van der Waals surface area contributed by atoms with Gasteiger partial charge in [0.25, 0.3) is 5.56 Å². The van der Waals surface area contributed by atoms with Gasteiger partial charge in [0.1, 0.15) is 6.54 Å². The molecule has 2 aromatic carbocycles. The lowest BCUT2D eigenvalue weighted by Gasteiger charge is -2.08. The lowest BCUT2D eigenvalue weighted by Crippen LogP contribution is -2.33. The number of rotatable bonds is 5. The van der Waals surface area contributed by atoms with Crippen molar-refractivity contribution in [1.82, 2.24) is 14.9 Å². The molecule has 0 bridgehead atoms. The van der Waals surface area contributed by atoms with Gasteiger partial charge in [-0.2, -0.15) is 0 Å². The van der Waals surface area contributed by atoms with Crippen molar-refractivity contribution in [3.05, 3.63) is 75.8 Å². The summed E-state index contributed by atoms with van der Waals surface area (Å²) in [6.45, 7) is 0.432. The zero-order valence-corrected chi connectivity index (χ0v) is 13.7. The number of hydrogen-bond acceptors (Lipinski definition) is 3. The minimum absolute atomic E-state index is 0.0494. The number of carbonyl (C=O) groups excluding carboxylic acids is 1. The van der Waals surface area contributed by atoms with Gasteiger partial charge >= 0.3 is 0 Å². The fourth-order valence-electron chi connectivity index (χ4n) is 2.47. The van der Waals surface area contributed by atoms with Crippen LogP contribution in [0.4, 0.5) is 0 Å². The zero-order valence-electron chi connectivity index (χ0n) is 12.9. The third kappa shape index (κ3) is 3.81. The van der Waals surface area contributed by atoms with Crippen LogP contribution in [0.5, 0.6) is 0 Å². The van der Waals surface area contributed by atoms with Crippen LogP contribution in [0.3, 0.4) is 0 Å². The maximum atomic E-state index is 12.3. The minimum Gasteiger partial charge on any atom is -0.354 e. The van der Waals surface area contributed by atoms with Crippen molar-refractivity contribution < 1.29 is 4.79 Å². The van der Waals surface area contributed by atoms with Gasteiger partial charge in [-0.05, 0) is 36.2 Å². The van der Waals surface area contributed by atoms with Gasteiger partial charge in [0.15, 0.2) is 0 Å². The normalized spacial score (nSPS) is 10.7. The number of aromatic nitrogens is 2. The van der Waals surface area contributed by atoms with Gasteiger partial charge < -0.3 is 5.32 Å². The van der Waals surface area contributed by atoms with Crippen LogP contribution < -0.4 is 10.9 Å². The summed E-state index contributed by atoms with van der Waals surface area (Å²) in [5, 5.41) is 3.98. The summed E-state index contributed by atoms with van der Waals surface area (Å²) in [4.78, 5) is 28.6. The Hall–Kier alpha value is -2.66. The average Bonchev–Trinajstić information content (AvgIpc) is 2.58. The van der Waals surface area contributed by atoms with E-state index in [0.29, 0.717) is 28.9 Å². The van der Waals surface area contributed by atoms with Crippen LogP contribution >= 0.6 is 11.6 Å². The molecular formula is C18H16ClN3O2. The molecule has 3 rings (SSSR count). The first-order valence-electron chi connectivity index (χ1n) is 7.59. The first-order chi connectivity index (χ1) is 11.6. The minimum atomic E-state index is -0.226. The molecule has 5 nitrogen and oxygen atoms in total. The number of nitrogens with one attached hydrogen (secondary N) is 1. The summed E-state index contributed by atoms with van der Waals surface area (Å²) < 4.78 is 1.32. The summed E-state index contributed by atoms with van der Waals surface area (Å²) in [7, 11) is 0. The summed E-state index contributed by atoms with van der Waals surface area (Å²) in [5.74, 6) is -0.226. The third-order valence-electron chi connectivity index (χ3n) is 3.67. The van der Waals surface area contributed by atoms with Crippen molar-refractivity contribution in [2.24, 2.45) is 0 Å². The van der Waals surface area contributed by atoms with E-state index in [4.69, 9.17) is 11.6 Å². The van der Waals surface area contributed by atoms with E-state index in [9.17, 15) is 9.59 Å². The van der Waals surface area contributed by atoms with Crippen LogP contribution in [0.2, 0.25) is 5.02 Å². The van der Waals surface area contributed by atoms with Crippen molar-refractivity contribution in [2.75, 3.05) is 6.54 Å². The molecule has 1 N–H and O–H groups in total. The number of fused-ring (bicyclic) bond motifs is 1. The van der Waals surface area contributed by atoms with Crippen LogP contribution in [-0.2, 0) is 17.8 Å². The lowest BCUT2D eigenvalue weighted by molar-refractivity contribution is -0.121. The van der Waals surface area contributed by atoms with Crippen LogP contribution in [-0.4, -0.2) is 22.0 Å². The highest BCUT2D eigenvalue weighted by Crippen LogP contribution is 2.10. The highest BCUT2D eigenvalue weighted by molar-refractivity contribution is 6.30. The van der Waals surface area contributed by atoms with Crippen molar-refractivity contribution in [3.63, 3.8) is 0 Å². The molecule has 122 valence electrons. The quantitative estimate of drug-likeness (QED) is 0.775. The van der Waals surface area contributed by atoms with Crippen LogP contribution in [0.1, 0.15) is 5.56 Å². The molecule has 1 aromatic heterocycles. The molecule has 0 aliphatic heterocycles. The van der Waals surface area contributed by atoms with Gasteiger partial charge in [0.2, 0.25) is 5.91 Å². The van der Waals surface area contributed by atoms with Gasteiger partial charge in [-0.15, -0.1) is 0 Å². The summed E-state index contributed by atoms with van der Waals surface area (Å²) in [6, 6.07) is 14.6. The predicted octanol–water partition coefficient (Wildman–Crippen LogP) is 2.41. The van der Waals surface area contributed by atoms with Gasteiger partial charge in [-0.3, -0.25) is 14.2 Å². The standard InChI is InChI=1S/C18H16ClN3O2/c19-14-5-3-4-13(10-14)8-9-20-17(23)11-22-12-21-16-7-2-1-6-15(16)18(22)24/h1-7,10,12H,8-9,11H2,(H,20,23). The van der Waals surface area contributed by atoms with Crippen molar-refractivity contribution in [2.45, 2.75) is 13.0 Å². The molecule has 0 aliphatic rings. The molecule has 1 heterocycles. The number of carbonyl (C=O) groups is 1. The molecule has 0 saturated heterocycles. The highest BCUT2D eigenvalue weighted by Gasteiger charge is 2.07. The average molecular weight is 342 g/mol. The van der Waals surface area contributed by atoms with Crippen LogP contribution in [0.25, 0.3) is 10.9 Å². The Morgan fingerprint density at radius 3 is 2.83 bits per heavy atom. The van der Waals surface area contributed by atoms with E-state index in [1.54, 1.807) is 18.2 Å². The molecule has 24 heavy (non-hydrogen) atoms. The Balaban J connectivity index is 1.61. The lowest BCUT2D eigenvalue weighted by atomic mass is 10.1. The van der Waals surface area contributed by atoms with Crippen LogP contribution in [0.15, 0.2) is 59.7 Å².